The van der Waals surface area contributed by atoms with Crippen LogP contribution in [0.4, 0.5) is 11.6 Å². The van der Waals surface area contributed by atoms with E-state index in [-0.39, 0.29) is 11.9 Å². The van der Waals surface area contributed by atoms with Gasteiger partial charge in [-0.3, -0.25) is 4.79 Å². The van der Waals surface area contributed by atoms with Gasteiger partial charge in [0.2, 0.25) is 5.95 Å². The monoisotopic (exact) mass is 326 g/mol. The Hall–Kier alpha value is -2.63. The van der Waals surface area contributed by atoms with Crippen LogP contribution in [0.1, 0.15) is 42.5 Å². The molecule has 0 aliphatic heterocycles. The van der Waals surface area contributed by atoms with Crippen LogP contribution >= 0.6 is 0 Å². The molecule has 0 spiro atoms. The number of carbonyl (C=O) groups is 1. The van der Waals surface area contributed by atoms with E-state index in [1.165, 1.54) is 19.3 Å². The molecule has 0 atom stereocenters. The molecule has 1 amide bonds. The smallest absolute Gasteiger partial charge is 0.254 e. The minimum atomic E-state index is -0.102. The molecule has 1 aliphatic carbocycles. The number of aromatic nitrogens is 2. The maximum atomic E-state index is 12.2. The second-order valence-electron chi connectivity index (χ2n) is 5.96. The minimum Gasteiger partial charge on any atom is -0.497 e. The van der Waals surface area contributed by atoms with Crippen LogP contribution in [0.5, 0.6) is 5.75 Å². The summed E-state index contributed by atoms with van der Waals surface area (Å²) in [4.78, 5) is 20.7. The van der Waals surface area contributed by atoms with E-state index in [9.17, 15) is 4.79 Å². The molecule has 0 radical (unpaired) electrons. The van der Waals surface area contributed by atoms with Crippen LogP contribution < -0.4 is 15.4 Å². The normalized spacial score (nSPS) is 14.9. The molecule has 1 heterocycles. The number of amides is 1. The number of benzene rings is 1. The Morgan fingerprint density at radius 1 is 1.17 bits per heavy atom. The molecule has 2 aromatic rings. The maximum absolute atomic E-state index is 12.2. The zero-order chi connectivity index (χ0) is 16.8. The lowest BCUT2D eigenvalue weighted by atomic mass is 9.95. The van der Waals surface area contributed by atoms with Crippen molar-refractivity contribution in [1.29, 1.82) is 0 Å². The number of hydrogen-bond donors (Lipinski definition) is 2. The highest BCUT2D eigenvalue weighted by atomic mass is 16.5. The number of carbonyl (C=O) groups excluding carboxylic acids is 1. The van der Waals surface area contributed by atoms with Crippen molar-refractivity contribution in [2.24, 2.45) is 0 Å². The fraction of sp³-hybridized carbons (Fsp3) is 0.389. The molecule has 6 heteroatoms. The second-order valence-corrected chi connectivity index (χ2v) is 5.96. The molecule has 126 valence electrons. The van der Waals surface area contributed by atoms with Crippen LogP contribution in [0, 0.1) is 0 Å². The van der Waals surface area contributed by atoms with Gasteiger partial charge in [-0.1, -0.05) is 25.3 Å². The van der Waals surface area contributed by atoms with Crippen LogP contribution in [-0.2, 0) is 0 Å². The first kappa shape index (κ1) is 16.2. The third-order valence-electron chi connectivity index (χ3n) is 4.18. The average Bonchev–Trinajstić information content (AvgIpc) is 2.63. The topological polar surface area (TPSA) is 76.1 Å². The van der Waals surface area contributed by atoms with E-state index in [4.69, 9.17) is 4.74 Å². The van der Waals surface area contributed by atoms with Gasteiger partial charge < -0.3 is 15.4 Å². The van der Waals surface area contributed by atoms with Crippen LogP contribution in [0.25, 0.3) is 0 Å². The standard InChI is InChI=1S/C18H22N4O2/c1-24-16-9-5-8-15(10-16)22-18-19-11-13(12-20-18)17(23)21-14-6-3-2-4-7-14/h5,8-12,14H,2-4,6-7H2,1H3,(H,21,23)(H,19,20,22). The molecular weight excluding hydrogens is 304 g/mol. The van der Waals surface area contributed by atoms with Crippen LogP contribution in [-0.4, -0.2) is 29.0 Å². The predicted molar refractivity (Wildman–Crippen MR) is 92.6 cm³/mol. The van der Waals surface area contributed by atoms with Crippen molar-refractivity contribution in [2.45, 2.75) is 38.1 Å². The number of rotatable bonds is 5. The number of anilines is 2. The van der Waals surface area contributed by atoms with Gasteiger partial charge in [0.15, 0.2) is 0 Å². The molecular formula is C18H22N4O2. The fourth-order valence-electron chi connectivity index (χ4n) is 2.86. The van der Waals surface area contributed by atoms with Gasteiger partial charge in [0.1, 0.15) is 5.75 Å². The van der Waals surface area contributed by atoms with Crippen LogP contribution in [0.15, 0.2) is 36.7 Å². The SMILES string of the molecule is COc1cccc(Nc2ncc(C(=O)NC3CCCCC3)cn2)c1. The largest absolute Gasteiger partial charge is 0.497 e. The van der Waals surface area contributed by atoms with Crippen molar-refractivity contribution in [1.82, 2.24) is 15.3 Å². The van der Waals surface area contributed by atoms with Crippen molar-refractivity contribution in [3.05, 3.63) is 42.2 Å². The minimum absolute atomic E-state index is 0.102. The lowest BCUT2D eigenvalue weighted by Crippen LogP contribution is -2.36. The second kappa shape index (κ2) is 7.77. The summed E-state index contributed by atoms with van der Waals surface area (Å²) in [5.74, 6) is 1.09. The Morgan fingerprint density at radius 3 is 2.62 bits per heavy atom. The van der Waals surface area contributed by atoms with Gasteiger partial charge >= 0.3 is 0 Å². The molecule has 1 aliphatic rings. The molecule has 24 heavy (non-hydrogen) atoms. The number of nitrogens with one attached hydrogen (secondary N) is 2. The van der Waals surface area contributed by atoms with Crippen molar-refractivity contribution < 1.29 is 9.53 Å². The molecule has 1 aromatic heterocycles. The van der Waals surface area contributed by atoms with Crippen LogP contribution in [0.3, 0.4) is 0 Å². The Bertz CT molecular complexity index is 682. The molecule has 2 N–H and O–H groups in total. The molecule has 6 nitrogen and oxygen atoms in total. The quantitative estimate of drug-likeness (QED) is 0.882. The Labute approximate surface area is 141 Å². The summed E-state index contributed by atoms with van der Waals surface area (Å²) in [6.07, 6.45) is 8.85. The Balaban J connectivity index is 1.60. The van der Waals surface area contributed by atoms with E-state index >= 15 is 0 Å². The van der Waals surface area contributed by atoms with Crippen LogP contribution in [0.2, 0.25) is 0 Å². The number of hydrogen-bond acceptors (Lipinski definition) is 5. The molecule has 0 unspecified atom stereocenters. The van der Waals surface area contributed by atoms with Crippen molar-refractivity contribution in [3.8, 4) is 5.75 Å². The molecule has 3 rings (SSSR count). The predicted octanol–water partition coefficient (Wildman–Crippen LogP) is 3.29. The lowest BCUT2D eigenvalue weighted by molar-refractivity contribution is 0.0927. The Morgan fingerprint density at radius 2 is 1.92 bits per heavy atom. The van der Waals surface area contributed by atoms with Gasteiger partial charge in [-0.15, -0.1) is 0 Å². The zero-order valence-corrected chi connectivity index (χ0v) is 13.8. The lowest BCUT2D eigenvalue weighted by Gasteiger charge is -2.22. The van der Waals surface area contributed by atoms with Crippen molar-refractivity contribution in [2.75, 3.05) is 12.4 Å². The highest BCUT2D eigenvalue weighted by Crippen LogP contribution is 2.20. The van der Waals surface area contributed by atoms with Gasteiger partial charge in [0.05, 0.1) is 12.7 Å². The highest BCUT2D eigenvalue weighted by molar-refractivity contribution is 5.93. The average molecular weight is 326 g/mol. The number of methoxy groups -OCH3 is 1. The van der Waals surface area contributed by atoms with Gasteiger partial charge in [-0.2, -0.15) is 0 Å². The van der Waals surface area contributed by atoms with Gasteiger partial charge in [-0.05, 0) is 25.0 Å². The third kappa shape index (κ3) is 4.22. The van der Waals surface area contributed by atoms with E-state index in [0.29, 0.717) is 11.5 Å². The molecule has 1 saturated carbocycles. The van der Waals surface area contributed by atoms with E-state index in [1.54, 1.807) is 19.5 Å². The van der Waals surface area contributed by atoms with Gasteiger partial charge in [0, 0.05) is 30.2 Å². The molecule has 1 fully saturated rings. The first-order valence-corrected chi connectivity index (χ1v) is 8.28. The summed E-state index contributed by atoms with van der Waals surface area (Å²) in [6, 6.07) is 7.78. The maximum Gasteiger partial charge on any atom is 0.254 e. The summed E-state index contributed by atoms with van der Waals surface area (Å²) < 4.78 is 5.18. The summed E-state index contributed by atoms with van der Waals surface area (Å²) in [6.45, 7) is 0. The first-order valence-electron chi connectivity index (χ1n) is 8.28. The van der Waals surface area contributed by atoms with Gasteiger partial charge in [-0.25, -0.2) is 9.97 Å². The van der Waals surface area contributed by atoms with E-state index in [1.807, 2.05) is 24.3 Å². The summed E-state index contributed by atoms with van der Waals surface area (Å²) in [7, 11) is 1.62. The Kier molecular flexibility index (Phi) is 5.25. The summed E-state index contributed by atoms with van der Waals surface area (Å²) in [5, 5.41) is 6.16. The fourth-order valence-corrected chi connectivity index (χ4v) is 2.86. The molecule has 0 bridgehead atoms. The van der Waals surface area contributed by atoms with E-state index < -0.39 is 0 Å². The van der Waals surface area contributed by atoms with E-state index in [0.717, 1.165) is 24.3 Å². The van der Waals surface area contributed by atoms with Gasteiger partial charge in [0.25, 0.3) is 5.91 Å². The third-order valence-corrected chi connectivity index (χ3v) is 4.18. The summed E-state index contributed by atoms with van der Waals surface area (Å²) >= 11 is 0. The van der Waals surface area contributed by atoms with Crippen molar-refractivity contribution in [3.63, 3.8) is 0 Å². The number of nitrogens with zero attached hydrogens (tertiary/aromatic N) is 2. The van der Waals surface area contributed by atoms with E-state index in [2.05, 4.69) is 20.6 Å². The van der Waals surface area contributed by atoms with Crippen molar-refractivity contribution >= 4 is 17.5 Å². The highest BCUT2D eigenvalue weighted by Gasteiger charge is 2.17. The molecule has 1 aromatic carbocycles. The number of ether oxygens (including phenoxy) is 1. The molecule has 0 saturated heterocycles. The zero-order valence-electron chi connectivity index (χ0n) is 13.8. The summed E-state index contributed by atoms with van der Waals surface area (Å²) in [5.41, 5.74) is 1.31. The first-order chi connectivity index (χ1) is 11.7.